The highest BCUT2D eigenvalue weighted by Gasteiger charge is 2.19. The van der Waals surface area contributed by atoms with Gasteiger partial charge < -0.3 is 19.6 Å². The van der Waals surface area contributed by atoms with E-state index in [-0.39, 0.29) is 67.9 Å². The van der Waals surface area contributed by atoms with Crippen LogP contribution in [0.5, 0.6) is 0 Å². The summed E-state index contributed by atoms with van der Waals surface area (Å²) in [5.41, 5.74) is 2.62. The Labute approximate surface area is 261 Å². The van der Waals surface area contributed by atoms with Crippen molar-refractivity contribution in [2.45, 2.75) is 13.1 Å². The molecule has 0 atom stereocenters. The Kier molecular flexibility index (Phi) is 12.0. The van der Waals surface area contributed by atoms with Gasteiger partial charge >= 0.3 is 0 Å². The fraction of sp³-hybridized carbons (Fsp3) is 0.103. The number of fused-ring (bicyclic) bond motifs is 2. The van der Waals surface area contributed by atoms with Crippen LogP contribution >= 0.6 is 67.9 Å². The van der Waals surface area contributed by atoms with E-state index < -0.39 is 0 Å². The summed E-state index contributed by atoms with van der Waals surface area (Å²) in [5, 5.41) is 5.15. The van der Waals surface area contributed by atoms with Crippen LogP contribution in [-0.2, 0) is 13.1 Å². The van der Waals surface area contributed by atoms with Crippen LogP contribution in [0.25, 0.3) is 21.5 Å². The zero-order valence-electron chi connectivity index (χ0n) is 20.1. The maximum atomic E-state index is 2.28. The van der Waals surface area contributed by atoms with E-state index in [4.69, 9.17) is 0 Å². The predicted molar refractivity (Wildman–Crippen MR) is 176 cm³/mol. The molecule has 0 unspecified atom stereocenters. The van der Waals surface area contributed by atoms with Gasteiger partial charge in [-0.25, -0.2) is 0 Å². The molecule has 2 heterocycles. The summed E-state index contributed by atoms with van der Waals surface area (Å²) in [6.07, 6.45) is 8.55. The normalized spacial score (nSPS) is 13.8. The predicted octanol–water partition coefficient (Wildman–Crippen LogP) is 8.38. The van der Waals surface area contributed by atoms with Gasteiger partial charge in [-0.2, -0.15) is 0 Å². The van der Waals surface area contributed by atoms with E-state index >= 15 is 0 Å². The highest BCUT2D eigenvalue weighted by Crippen LogP contribution is 2.23. The molecule has 0 fully saturated rings. The van der Waals surface area contributed by atoms with Gasteiger partial charge in [0.1, 0.15) is 13.3 Å². The van der Waals surface area contributed by atoms with E-state index in [0.29, 0.717) is 0 Å². The number of hydrogen-bond acceptors (Lipinski definition) is 4. The average Bonchev–Trinajstić information content (AvgIpc) is 3.48. The molecular weight excluding hydrogens is 724 g/mol. The number of rotatable bonds is 6. The first kappa shape index (κ1) is 31.2. The van der Waals surface area contributed by atoms with E-state index in [1.54, 1.807) is 0 Å². The van der Waals surface area contributed by atoms with Crippen molar-refractivity contribution in [3.8, 4) is 0 Å². The molecule has 4 aromatic rings. The van der Waals surface area contributed by atoms with E-state index in [1.807, 2.05) is 0 Å². The van der Waals surface area contributed by atoms with E-state index in [1.165, 1.54) is 32.7 Å². The van der Waals surface area contributed by atoms with Crippen LogP contribution in [0.3, 0.4) is 0 Å². The number of hydrogen-bond donors (Lipinski definition) is 0. The Morgan fingerprint density at radius 3 is 1.22 bits per heavy atom. The molecule has 6 rings (SSSR count). The lowest BCUT2D eigenvalue weighted by molar-refractivity contribution is 0.233. The molecule has 0 aromatic heterocycles. The molecule has 2 aliphatic heterocycles. The third-order valence-electron chi connectivity index (χ3n) is 6.18. The first-order valence-corrected chi connectivity index (χ1v) is 11.3. The first-order chi connectivity index (χ1) is 16.3. The smallest absolute Gasteiger partial charge is 0.143 e. The highest BCUT2D eigenvalue weighted by atomic mass is 79.9. The molecule has 4 aromatic carbocycles. The molecular formula is C29H30Br4N4. The lowest BCUT2D eigenvalue weighted by Gasteiger charge is -2.26. The SMILES string of the molecule is Br.Br.Br.Br.[CH]1N(Cc2ccc3ccccc3c2)C=CN1CN1[CH]N(Cc2ccc3ccccc3c2)C=C1. The Bertz CT molecular complexity index is 1260. The quantitative estimate of drug-likeness (QED) is 0.196. The molecule has 0 N–H and O–H groups in total. The Morgan fingerprint density at radius 2 is 0.784 bits per heavy atom. The monoisotopic (exact) mass is 750 g/mol. The first-order valence-electron chi connectivity index (χ1n) is 11.3. The van der Waals surface area contributed by atoms with Crippen LogP contribution in [0.4, 0.5) is 0 Å². The van der Waals surface area contributed by atoms with Crippen LogP contribution in [0.2, 0.25) is 0 Å². The molecule has 0 spiro atoms. The Hall–Kier alpha value is -2.00. The fourth-order valence-electron chi connectivity index (χ4n) is 4.52. The zero-order valence-corrected chi connectivity index (χ0v) is 26.9. The fourth-order valence-corrected chi connectivity index (χ4v) is 4.52. The van der Waals surface area contributed by atoms with Crippen molar-refractivity contribution < 1.29 is 0 Å². The minimum atomic E-state index is 0. The van der Waals surface area contributed by atoms with Crippen molar-refractivity contribution >= 4 is 89.5 Å². The van der Waals surface area contributed by atoms with Gasteiger partial charge in [0.15, 0.2) is 0 Å². The summed E-state index contributed by atoms with van der Waals surface area (Å²) in [6, 6.07) is 30.4. The van der Waals surface area contributed by atoms with Gasteiger partial charge in [0.2, 0.25) is 0 Å². The molecule has 0 saturated carbocycles. The largest absolute Gasteiger partial charge is 0.348 e. The summed E-state index contributed by atoms with van der Waals surface area (Å²) in [6.45, 7) is 6.86. The molecule has 0 saturated heterocycles. The van der Waals surface area contributed by atoms with Crippen LogP contribution < -0.4 is 0 Å². The summed E-state index contributed by atoms with van der Waals surface area (Å²) in [7, 11) is 0. The summed E-state index contributed by atoms with van der Waals surface area (Å²) >= 11 is 0. The molecule has 4 nitrogen and oxygen atoms in total. The Balaban J connectivity index is 0.00000120. The van der Waals surface area contributed by atoms with Crippen LogP contribution in [0.1, 0.15) is 11.1 Å². The standard InChI is InChI=1S/C29H26N4.4BrH/c1-3-7-28-17-24(9-11-26(28)5-1)19-30-13-15-32(21-30)23-33-16-14-31(22-33)20-25-10-12-27-6-2-4-8-29(27)18-25;;;;/h1-18,21-22H,19-20,23H2;4*1H. The zero-order chi connectivity index (χ0) is 22.0. The summed E-state index contributed by atoms with van der Waals surface area (Å²) in [4.78, 5) is 8.89. The maximum Gasteiger partial charge on any atom is 0.143 e. The van der Waals surface area contributed by atoms with Gasteiger partial charge in [-0.1, -0.05) is 72.8 Å². The van der Waals surface area contributed by atoms with E-state index in [9.17, 15) is 0 Å². The summed E-state index contributed by atoms with van der Waals surface area (Å²) < 4.78 is 0. The van der Waals surface area contributed by atoms with Gasteiger partial charge in [0, 0.05) is 37.9 Å². The number of halogens is 4. The number of nitrogens with zero attached hydrogens (tertiary/aromatic N) is 4. The lowest BCUT2D eigenvalue weighted by atomic mass is 10.1. The maximum absolute atomic E-state index is 2.28. The molecule has 2 radical (unpaired) electrons. The Morgan fingerprint density at radius 1 is 0.405 bits per heavy atom. The second-order valence-electron chi connectivity index (χ2n) is 8.70. The topological polar surface area (TPSA) is 13.0 Å². The van der Waals surface area contributed by atoms with E-state index in [2.05, 4.69) is 143 Å². The third-order valence-corrected chi connectivity index (χ3v) is 6.18. The molecule has 0 bridgehead atoms. The van der Waals surface area contributed by atoms with Crippen molar-refractivity contribution in [1.29, 1.82) is 0 Å². The molecule has 2 aliphatic rings. The second kappa shape index (κ2) is 14.2. The van der Waals surface area contributed by atoms with Crippen molar-refractivity contribution in [2.75, 3.05) is 6.67 Å². The minimum absolute atomic E-state index is 0. The molecule has 0 aliphatic carbocycles. The van der Waals surface area contributed by atoms with Gasteiger partial charge in [-0.05, 0) is 44.8 Å². The van der Waals surface area contributed by atoms with Gasteiger partial charge in [-0.3, -0.25) is 0 Å². The minimum Gasteiger partial charge on any atom is -0.348 e. The molecule has 8 heteroatoms. The number of benzene rings is 4. The average molecular weight is 754 g/mol. The molecule has 194 valence electrons. The van der Waals surface area contributed by atoms with Gasteiger partial charge in [-0.15, -0.1) is 67.9 Å². The lowest BCUT2D eigenvalue weighted by Crippen LogP contribution is -2.30. The molecule has 0 amide bonds. The van der Waals surface area contributed by atoms with Crippen LogP contribution in [0, 0.1) is 13.3 Å². The van der Waals surface area contributed by atoms with Crippen LogP contribution in [-0.4, -0.2) is 26.3 Å². The van der Waals surface area contributed by atoms with E-state index in [0.717, 1.165) is 19.8 Å². The van der Waals surface area contributed by atoms with Crippen molar-refractivity contribution in [2.24, 2.45) is 0 Å². The van der Waals surface area contributed by atoms with Crippen molar-refractivity contribution in [3.63, 3.8) is 0 Å². The summed E-state index contributed by atoms with van der Waals surface area (Å²) in [5.74, 6) is 0. The van der Waals surface area contributed by atoms with Gasteiger partial charge in [0.25, 0.3) is 0 Å². The second-order valence-corrected chi connectivity index (χ2v) is 8.70. The van der Waals surface area contributed by atoms with Crippen LogP contribution in [0.15, 0.2) is 110 Å². The molecule has 37 heavy (non-hydrogen) atoms. The highest BCUT2D eigenvalue weighted by molar-refractivity contribution is 8.93. The van der Waals surface area contributed by atoms with Crippen molar-refractivity contribution in [3.05, 3.63) is 134 Å². The van der Waals surface area contributed by atoms with Crippen molar-refractivity contribution in [1.82, 2.24) is 19.6 Å². The van der Waals surface area contributed by atoms with Gasteiger partial charge in [0.05, 0.1) is 6.67 Å². The third kappa shape index (κ3) is 7.53.